The summed E-state index contributed by atoms with van der Waals surface area (Å²) in [7, 11) is 1.62. The van der Waals surface area contributed by atoms with Crippen molar-refractivity contribution in [2.45, 2.75) is 45.7 Å². The van der Waals surface area contributed by atoms with Crippen LogP contribution in [-0.4, -0.2) is 60.5 Å². The molecule has 0 unspecified atom stereocenters. The summed E-state index contributed by atoms with van der Waals surface area (Å²) < 4.78 is 0. The molecule has 1 saturated heterocycles. The molecule has 1 aromatic rings. The number of nitrogens with one attached hydrogen (secondary N) is 1. The van der Waals surface area contributed by atoms with Crippen LogP contribution in [0.25, 0.3) is 0 Å². The summed E-state index contributed by atoms with van der Waals surface area (Å²) in [5, 5.41) is 2.66. The Hall–Kier alpha value is -2.15. The number of hydrogen-bond acceptors (Lipinski definition) is 5. The van der Waals surface area contributed by atoms with E-state index in [1.54, 1.807) is 19.3 Å². The van der Waals surface area contributed by atoms with Crippen molar-refractivity contribution in [3.8, 4) is 0 Å². The van der Waals surface area contributed by atoms with Crippen molar-refractivity contribution in [1.82, 2.24) is 15.2 Å². The Kier molecular flexibility index (Phi) is 6.36. The molecule has 0 aliphatic carbocycles. The van der Waals surface area contributed by atoms with Crippen LogP contribution in [0.1, 0.15) is 43.1 Å². The van der Waals surface area contributed by atoms with Gasteiger partial charge in [0.25, 0.3) is 0 Å². The Morgan fingerprint density at radius 3 is 2.60 bits per heavy atom. The Morgan fingerprint density at radius 1 is 1.44 bits per heavy atom. The Labute approximate surface area is 149 Å². The van der Waals surface area contributed by atoms with Gasteiger partial charge in [0.1, 0.15) is 11.9 Å². The van der Waals surface area contributed by atoms with Gasteiger partial charge in [0.15, 0.2) is 0 Å². The first kappa shape index (κ1) is 19.2. The van der Waals surface area contributed by atoms with Crippen LogP contribution in [-0.2, 0) is 11.2 Å². The first-order chi connectivity index (χ1) is 11.9. The van der Waals surface area contributed by atoms with Crippen LogP contribution in [0.5, 0.6) is 0 Å². The second kappa shape index (κ2) is 8.29. The smallest absolute Gasteiger partial charge is 0.249 e. The molecule has 138 valence electrons. The highest BCUT2D eigenvalue weighted by Gasteiger charge is 2.35. The van der Waals surface area contributed by atoms with Gasteiger partial charge in [-0.15, -0.1) is 0 Å². The van der Waals surface area contributed by atoms with Gasteiger partial charge in [-0.25, -0.2) is 4.98 Å². The molecule has 0 aromatic carbocycles. The number of primary amides is 1. The van der Waals surface area contributed by atoms with Gasteiger partial charge in [-0.05, 0) is 44.5 Å². The molecule has 25 heavy (non-hydrogen) atoms. The molecule has 0 radical (unpaired) electrons. The molecule has 3 N–H and O–H groups in total. The third-order valence-corrected chi connectivity index (χ3v) is 5.05. The summed E-state index contributed by atoms with van der Waals surface area (Å²) in [4.78, 5) is 32.5. The van der Waals surface area contributed by atoms with Crippen molar-refractivity contribution in [3.63, 3.8) is 0 Å². The lowest BCUT2D eigenvalue weighted by atomic mass is 9.99. The fourth-order valence-electron chi connectivity index (χ4n) is 3.42. The highest BCUT2D eigenvalue weighted by atomic mass is 16.2. The van der Waals surface area contributed by atoms with Crippen molar-refractivity contribution in [1.29, 1.82) is 0 Å². The summed E-state index contributed by atoms with van der Waals surface area (Å²) in [5.41, 5.74) is 6.95. The van der Waals surface area contributed by atoms with E-state index in [9.17, 15) is 9.59 Å². The number of likely N-dealkylation sites (N-methyl/N-ethyl adjacent to an activating group) is 2. The number of hydrogen-bond donors (Lipinski definition) is 2. The highest BCUT2D eigenvalue weighted by Crippen LogP contribution is 2.27. The van der Waals surface area contributed by atoms with Crippen LogP contribution in [0.4, 0.5) is 5.82 Å². The molecule has 1 aliphatic rings. The molecular formula is C18H29N5O2. The van der Waals surface area contributed by atoms with E-state index in [4.69, 9.17) is 5.73 Å². The molecule has 2 rings (SSSR count). The zero-order chi connectivity index (χ0) is 18.6. The minimum atomic E-state index is -0.456. The summed E-state index contributed by atoms with van der Waals surface area (Å²) in [6, 6.07) is 1.80. The average Bonchev–Trinajstić information content (AvgIpc) is 2.55. The predicted octanol–water partition coefficient (Wildman–Crippen LogP) is 0.778. The van der Waals surface area contributed by atoms with Crippen molar-refractivity contribution in [3.05, 3.63) is 23.4 Å². The third kappa shape index (κ3) is 4.10. The SMILES string of the molecule is CCN(CC)[C@@H](C)Cc1cnc(N2CC[C@H]2C(=O)NC)cc1C(N)=O. The van der Waals surface area contributed by atoms with Gasteiger partial charge in [0, 0.05) is 31.4 Å². The highest BCUT2D eigenvalue weighted by molar-refractivity contribution is 5.95. The molecule has 0 bridgehead atoms. The molecule has 0 spiro atoms. The van der Waals surface area contributed by atoms with Gasteiger partial charge in [-0.1, -0.05) is 13.8 Å². The van der Waals surface area contributed by atoms with E-state index in [1.165, 1.54) is 0 Å². The largest absolute Gasteiger partial charge is 0.366 e. The number of nitrogens with zero attached hydrogens (tertiary/aromatic N) is 3. The lowest BCUT2D eigenvalue weighted by Crippen LogP contribution is -2.56. The molecule has 1 fully saturated rings. The zero-order valence-electron chi connectivity index (χ0n) is 15.6. The van der Waals surface area contributed by atoms with Crippen molar-refractivity contribution in [2.75, 3.05) is 31.6 Å². The van der Waals surface area contributed by atoms with Crippen LogP contribution in [0.15, 0.2) is 12.3 Å². The van der Waals surface area contributed by atoms with Gasteiger partial charge < -0.3 is 20.9 Å². The number of aromatic nitrogens is 1. The van der Waals surface area contributed by atoms with E-state index in [1.807, 2.05) is 4.90 Å². The Morgan fingerprint density at radius 2 is 2.12 bits per heavy atom. The second-order valence-electron chi connectivity index (χ2n) is 6.45. The minimum Gasteiger partial charge on any atom is -0.366 e. The lowest BCUT2D eigenvalue weighted by Gasteiger charge is -2.40. The minimum absolute atomic E-state index is 0.0343. The number of carbonyl (C=O) groups excluding carboxylic acids is 2. The summed E-state index contributed by atoms with van der Waals surface area (Å²) in [6.45, 7) is 9.05. The molecule has 2 amide bonds. The van der Waals surface area contributed by atoms with Gasteiger partial charge in [0.05, 0.1) is 0 Å². The Balaban J connectivity index is 2.23. The third-order valence-electron chi connectivity index (χ3n) is 5.05. The van der Waals surface area contributed by atoms with Crippen LogP contribution in [0.3, 0.4) is 0 Å². The topological polar surface area (TPSA) is 91.6 Å². The molecule has 7 nitrogen and oxygen atoms in total. The van der Waals surface area contributed by atoms with Gasteiger partial charge in [-0.3, -0.25) is 9.59 Å². The van der Waals surface area contributed by atoms with Crippen LogP contribution in [0, 0.1) is 0 Å². The van der Waals surface area contributed by atoms with Gasteiger partial charge in [0.2, 0.25) is 11.8 Å². The Bertz CT molecular complexity index is 630. The fourth-order valence-corrected chi connectivity index (χ4v) is 3.42. The summed E-state index contributed by atoms with van der Waals surface area (Å²) >= 11 is 0. The second-order valence-corrected chi connectivity index (χ2v) is 6.45. The first-order valence-corrected chi connectivity index (χ1v) is 8.93. The number of anilines is 1. The number of amides is 2. The predicted molar refractivity (Wildman–Crippen MR) is 98.7 cm³/mol. The van der Waals surface area contributed by atoms with Crippen molar-refractivity contribution >= 4 is 17.6 Å². The van der Waals surface area contributed by atoms with Gasteiger partial charge >= 0.3 is 0 Å². The van der Waals surface area contributed by atoms with Crippen LogP contribution < -0.4 is 16.0 Å². The maximum atomic E-state index is 11.9. The number of carbonyl (C=O) groups is 2. The summed E-state index contributed by atoms with van der Waals surface area (Å²) in [6.07, 6.45) is 3.23. The lowest BCUT2D eigenvalue weighted by molar-refractivity contribution is -0.123. The zero-order valence-corrected chi connectivity index (χ0v) is 15.6. The first-order valence-electron chi connectivity index (χ1n) is 8.93. The van der Waals surface area contributed by atoms with E-state index in [2.05, 4.69) is 36.0 Å². The van der Waals surface area contributed by atoms with Crippen molar-refractivity contribution in [2.24, 2.45) is 5.73 Å². The van der Waals surface area contributed by atoms with E-state index in [0.717, 1.165) is 31.6 Å². The quantitative estimate of drug-likeness (QED) is 0.725. The standard InChI is InChI=1S/C18H29N5O2/c1-5-22(6-2)12(3)9-13-11-21-16(10-14(13)17(19)24)23-8-7-15(23)18(25)20-4/h10-12,15H,5-9H2,1-4H3,(H2,19,24)(H,20,25)/t12-,15-/m0/s1. The van der Waals surface area contributed by atoms with Crippen LogP contribution >= 0.6 is 0 Å². The van der Waals surface area contributed by atoms with E-state index in [-0.39, 0.29) is 11.9 Å². The van der Waals surface area contributed by atoms with E-state index < -0.39 is 5.91 Å². The molecule has 1 aliphatic heterocycles. The number of nitrogens with two attached hydrogens (primary N) is 1. The van der Waals surface area contributed by atoms with E-state index in [0.29, 0.717) is 23.8 Å². The molecule has 2 atom stereocenters. The number of rotatable bonds is 8. The van der Waals surface area contributed by atoms with E-state index >= 15 is 0 Å². The van der Waals surface area contributed by atoms with Gasteiger partial charge in [-0.2, -0.15) is 0 Å². The molecular weight excluding hydrogens is 318 g/mol. The normalized spacial score (nSPS) is 18.0. The molecule has 2 heterocycles. The monoisotopic (exact) mass is 347 g/mol. The molecule has 1 aromatic heterocycles. The maximum absolute atomic E-state index is 11.9. The maximum Gasteiger partial charge on any atom is 0.249 e. The molecule has 7 heteroatoms. The van der Waals surface area contributed by atoms with Crippen molar-refractivity contribution < 1.29 is 9.59 Å². The van der Waals surface area contributed by atoms with Crippen LogP contribution in [0.2, 0.25) is 0 Å². The number of pyridine rings is 1. The average molecular weight is 347 g/mol. The fraction of sp³-hybridized carbons (Fsp3) is 0.611. The molecule has 0 saturated carbocycles. The summed E-state index contributed by atoms with van der Waals surface area (Å²) in [5.74, 6) is 0.142.